The number of hydrogen-bond acceptors (Lipinski definition) is 3. The minimum Gasteiger partial charge on any atom is -0.373 e. The molecule has 0 saturated heterocycles. The molecular formula is CH3Na3O5P. The Morgan fingerprint density at radius 3 is 1.50 bits per heavy atom. The molecule has 0 unspecified atom stereocenters. The van der Waals surface area contributed by atoms with Crippen LogP contribution in [0.15, 0.2) is 0 Å². The zero-order valence-electron chi connectivity index (χ0n) is 6.14. The fourth-order valence-corrected chi connectivity index (χ4v) is 0.168. The Balaban J connectivity index is -0.0000000600. The molecule has 0 aromatic heterocycles. The standard InChI is InChI=1S/CH3O5P.3Na/c2-1-6-7(3,4)5;;;/h1H,(H2,3,4,5);;;. The van der Waals surface area contributed by atoms with Crippen LogP contribution in [-0.2, 0) is 13.9 Å². The quantitative estimate of drug-likeness (QED) is 0.305. The Bertz CT molecular complexity index is 109. The van der Waals surface area contributed by atoms with E-state index < -0.39 is 7.82 Å². The zero-order valence-corrected chi connectivity index (χ0v) is 13.0. The molecule has 45 valence electrons. The predicted octanol–water partition coefficient (Wildman–Crippen LogP) is -1.89. The first kappa shape index (κ1) is 22.9. The molecule has 0 amide bonds. The average Bonchev–Trinajstić information content (AvgIpc) is 1.30. The summed E-state index contributed by atoms with van der Waals surface area (Å²) < 4.78 is 12.7. The molecule has 5 nitrogen and oxygen atoms in total. The Hall–Kier alpha value is 2.62. The van der Waals surface area contributed by atoms with E-state index >= 15 is 0 Å². The van der Waals surface area contributed by atoms with Gasteiger partial charge in [-0.05, 0) is 0 Å². The van der Waals surface area contributed by atoms with Crippen molar-refractivity contribution in [1.82, 2.24) is 0 Å². The summed E-state index contributed by atoms with van der Waals surface area (Å²) in [5, 5.41) is 0. The van der Waals surface area contributed by atoms with Gasteiger partial charge < -0.3 is 4.52 Å². The van der Waals surface area contributed by atoms with Crippen LogP contribution in [0, 0.1) is 0 Å². The topological polar surface area (TPSA) is 83.8 Å². The minimum absolute atomic E-state index is 0. The molecule has 10 heavy (non-hydrogen) atoms. The van der Waals surface area contributed by atoms with Gasteiger partial charge in [-0.3, -0.25) is 14.6 Å². The second kappa shape index (κ2) is 11.6. The van der Waals surface area contributed by atoms with E-state index in [2.05, 4.69) is 4.52 Å². The van der Waals surface area contributed by atoms with Crippen LogP contribution in [-0.4, -0.2) is 105 Å². The third kappa shape index (κ3) is 22.4. The first-order valence-electron chi connectivity index (χ1n) is 1.24. The normalized spacial score (nSPS) is 7.40. The molecule has 0 aliphatic rings. The molecule has 0 aromatic carbocycles. The summed E-state index contributed by atoms with van der Waals surface area (Å²) in [6.45, 7) is -0.305. The monoisotopic (exact) mass is 195 g/mol. The molecule has 0 aliphatic heterocycles. The van der Waals surface area contributed by atoms with Gasteiger partial charge in [0.15, 0.2) is 0 Å². The van der Waals surface area contributed by atoms with Crippen LogP contribution in [0.4, 0.5) is 0 Å². The maximum atomic E-state index is 9.47. The Morgan fingerprint density at radius 2 is 1.50 bits per heavy atom. The molecular weight excluding hydrogens is 192 g/mol. The number of carbonyl (C=O) groups is 1. The SMILES string of the molecule is O=COP(=O)(O)O.[Na].[Na].[Na]. The first-order valence-corrected chi connectivity index (χ1v) is 2.77. The van der Waals surface area contributed by atoms with Crippen LogP contribution in [0.1, 0.15) is 0 Å². The summed E-state index contributed by atoms with van der Waals surface area (Å²) in [5.74, 6) is 0. The van der Waals surface area contributed by atoms with Gasteiger partial charge in [0.1, 0.15) is 0 Å². The van der Waals surface area contributed by atoms with E-state index in [4.69, 9.17) is 14.6 Å². The van der Waals surface area contributed by atoms with Gasteiger partial charge in [0.05, 0.1) is 0 Å². The molecule has 0 spiro atoms. The first-order chi connectivity index (χ1) is 3.06. The van der Waals surface area contributed by atoms with E-state index in [0.717, 1.165) is 0 Å². The fraction of sp³-hybridized carbons (Fsp3) is 0. The van der Waals surface area contributed by atoms with Crippen LogP contribution in [0.25, 0.3) is 0 Å². The second-order valence-corrected chi connectivity index (χ2v) is 1.88. The Labute approximate surface area is 124 Å². The summed E-state index contributed by atoms with van der Waals surface area (Å²) in [6, 6.07) is 0. The second-order valence-electron chi connectivity index (χ2n) is 0.692. The van der Waals surface area contributed by atoms with Gasteiger partial charge in [-0.15, -0.1) is 0 Å². The molecule has 3 radical (unpaired) electrons. The van der Waals surface area contributed by atoms with Crippen LogP contribution in [0.5, 0.6) is 0 Å². The van der Waals surface area contributed by atoms with Crippen molar-refractivity contribution in [3.05, 3.63) is 0 Å². The van der Waals surface area contributed by atoms with Crippen LogP contribution >= 0.6 is 7.82 Å². The van der Waals surface area contributed by atoms with E-state index in [-0.39, 0.29) is 95.1 Å². The molecule has 0 saturated carbocycles. The number of rotatable bonds is 2. The third-order valence-corrected chi connectivity index (χ3v) is 0.541. The van der Waals surface area contributed by atoms with Gasteiger partial charge >= 0.3 is 14.3 Å². The average molecular weight is 195 g/mol. The van der Waals surface area contributed by atoms with E-state index in [1.807, 2.05) is 0 Å². The van der Waals surface area contributed by atoms with E-state index in [0.29, 0.717) is 0 Å². The van der Waals surface area contributed by atoms with Crippen molar-refractivity contribution in [2.75, 3.05) is 0 Å². The molecule has 0 aliphatic carbocycles. The third-order valence-electron chi connectivity index (χ3n) is 0.180. The summed E-state index contributed by atoms with van der Waals surface area (Å²) in [4.78, 5) is 24.5. The summed E-state index contributed by atoms with van der Waals surface area (Å²) >= 11 is 0. The van der Waals surface area contributed by atoms with E-state index in [1.54, 1.807) is 0 Å². The maximum absolute atomic E-state index is 9.47. The van der Waals surface area contributed by atoms with Crippen molar-refractivity contribution < 1.29 is 23.7 Å². The summed E-state index contributed by atoms with van der Waals surface area (Å²) in [5.41, 5.74) is 0. The minimum atomic E-state index is -4.53. The van der Waals surface area contributed by atoms with Crippen molar-refractivity contribution in [3.8, 4) is 0 Å². The Kier molecular flexibility index (Phi) is 26.6. The molecule has 0 atom stereocenters. The van der Waals surface area contributed by atoms with Crippen molar-refractivity contribution in [3.63, 3.8) is 0 Å². The van der Waals surface area contributed by atoms with Gasteiger partial charge in [0, 0.05) is 88.7 Å². The Morgan fingerprint density at radius 1 is 1.20 bits per heavy atom. The van der Waals surface area contributed by atoms with Gasteiger partial charge in [0.2, 0.25) is 0 Å². The zero-order chi connectivity index (χ0) is 5.91. The predicted molar refractivity (Wildman–Crippen MR) is 36.5 cm³/mol. The van der Waals surface area contributed by atoms with Crippen molar-refractivity contribution >= 4 is 103 Å². The van der Waals surface area contributed by atoms with Gasteiger partial charge in [-0.2, -0.15) is 0 Å². The summed E-state index contributed by atoms with van der Waals surface area (Å²) in [6.07, 6.45) is 0. The molecule has 0 bridgehead atoms. The molecule has 2 N–H and O–H groups in total. The van der Waals surface area contributed by atoms with Crippen molar-refractivity contribution in [2.45, 2.75) is 0 Å². The molecule has 0 rings (SSSR count). The van der Waals surface area contributed by atoms with Gasteiger partial charge in [0.25, 0.3) is 0 Å². The van der Waals surface area contributed by atoms with Gasteiger partial charge in [-0.1, -0.05) is 0 Å². The molecule has 0 heterocycles. The largest absolute Gasteiger partial charge is 0.526 e. The van der Waals surface area contributed by atoms with Crippen LogP contribution in [0.2, 0.25) is 0 Å². The molecule has 0 fully saturated rings. The number of hydrogen-bond donors (Lipinski definition) is 2. The smallest absolute Gasteiger partial charge is 0.373 e. The number of carbonyl (C=O) groups excluding carboxylic acids is 1. The van der Waals surface area contributed by atoms with Crippen LogP contribution < -0.4 is 0 Å². The number of phosphoric ester groups is 1. The maximum Gasteiger partial charge on any atom is 0.526 e. The van der Waals surface area contributed by atoms with Gasteiger partial charge in [-0.25, -0.2) is 4.57 Å². The summed E-state index contributed by atoms with van der Waals surface area (Å²) in [7, 11) is -4.53. The van der Waals surface area contributed by atoms with Crippen molar-refractivity contribution in [1.29, 1.82) is 0 Å². The molecule has 0 aromatic rings. The van der Waals surface area contributed by atoms with E-state index in [1.165, 1.54) is 0 Å². The molecule has 9 heteroatoms. The van der Waals surface area contributed by atoms with Crippen molar-refractivity contribution in [2.24, 2.45) is 0 Å². The van der Waals surface area contributed by atoms with E-state index in [9.17, 15) is 4.57 Å². The number of phosphoric acid groups is 1. The fourth-order valence-electron chi connectivity index (χ4n) is 0.0561. The van der Waals surface area contributed by atoms with Crippen LogP contribution in [0.3, 0.4) is 0 Å².